The van der Waals surface area contributed by atoms with E-state index < -0.39 is 0 Å². The van der Waals surface area contributed by atoms with Gasteiger partial charge in [-0.25, -0.2) is 0 Å². The molecular formula is C33H27N3. The van der Waals surface area contributed by atoms with Gasteiger partial charge in [-0.1, -0.05) is 110 Å². The summed E-state index contributed by atoms with van der Waals surface area (Å²) in [7, 11) is 0. The first-order valence-electron chi connectivity index (χ1n) is 12.5. The number of hydrogen-bond donors (Lipinski definition) is 0. The molecule has 3 nitrogen and oxygen atoms in total. The van der Waals surface area contributed by atoms with Crippen molar-refractivity contribution in [3.63, 3.8) is 0 Å². The van der Waals surface area contributed by atoms with Crippen LogP contribution in [-0.2, 0) is 0 Å². The Hall–Kier alpha value is -4.50. The fraction of sp³-hybridized carbons (Fsp3) is 0.0909. The summed E-state index contributed by atoms with van der Waals surface area (Å²) in [5, 5.41) is 15.2. The van der Waals surface area contributed by atoms with Crippen LogP contribution in [0.3, 0.4) is 0 Å². The van der Waals surface area contributed by atoms with E-state index in [-0.39, 0.29) is 0 Å². The second-order valence-electron chi connectivity index (χ2n) is 8.89. The number of aromatic nitrogens is 3. The van der Waals surface area contributed by atoms with Crippen LogP contribution in [0.25, 0.3) is 60.6 Å². The van der Waals surface area contributed by atoms with Gasteiger partial charge in [0.25, 0.3) is 0 Å². The van der Waals surface area contributed by atoms with Crippen LogP contribution < -0.4 is 0 Å². The zero-order valence-corrected chi connectivity index (χ0v) is 20.7. The molecule has 36 heavy (non-hydrogen) atoms. The highest BCUT2D eigenvalue weighted by Gasteiger charge is 2.16. The highest BCUT2D eigenvalue weighted by Crippen LogP contribution is 2.35. The van der Waals surface area contributed by atoms with Crippen molar-refractivity contribution < 1.29 is 0 Å². The molecule has 0 radical (unpaired) electrons. The van der Waals surface area contributed by atoms with E-state index in [9.17, 15) is 0 Å². The zero-order valence-electron chi connectivity index (χ0n) is 20.7. The second-order valence-corrected chi connectivity index (χ2v) is 8.89. The van der Waals surface area contributed by atoms with Crippen molar-refractivity contribution in [3.8, 4) is 22.5 Å². The third-order valence-corrected chi connectivity index (χ3v) is 6.75. The van der Waals surface area contributed by atoms with E-state index in [1.807, 2.05) is 13.8 Å². The van der Waals surface area contributed by atoms with Crippen molar-refractivity contribution in [1.29, 1.82) is 0 Å². The molecule has 7 aromatic rings. The van der Waals surface area contributed by atoms with Crippen LogP contribution >= 0.6 is 0 Å². The van der Waals surface area contributed by atoms with Gasteiger partial charge in [0.15, 0.2) is 11.5 Å². The van der Waals surface area contributed by atoms with Gasteiger partial charge >= 0.3 is 0 Å². The maximum atomic E-state index is 4.62. The molecule has 5 aromatic carbocycles. The standard InChI is InChI=1S/C31H21N3.C2H6/c1-20-10-12-22(13-11-20)30-32-33-31-27-9-5-4-8-26(27)28-19-25(16-17-29(28)34(30)31)24-15-14-21-6-2-3-7-23(21)18-24;1-2/h2-19H,1H3;1-2H3. The summed E-state index contributed by atoms with van der Waals surface area (Å²) < 4.78 is 2.20. The van der Waals surface area contributed by atoms with Crippen LogP contribution in [0, 0.1) is 6.92 Å². The van der Waals surface area contributed by atoms with E-state index in [0.29, 0.717) is 0 Å². The highest BCUT2D eigenvalue weighted by atomic mass is 15.2. The molecule has 7 rings (SSSR count). The number of hydrogen-bond acceptors (Lipinski definition) is 2. The maximum absolute atomic E-state index is 4.62. The molecule has 0 saturated carbocycles. The summed E-state index contributed by atoms with van der Waals surface area (Å²) in [4.78, 5) is 0. The molecule has 0 aliphatic heterocycles. The fourth-order valence-corrected chi connectivity index (χ4v) is 4.98. The highest BCUT2D eigenvalue weighted by molar-refractivity contribution is 6.13. The van der Waals surface area contributed by atoms with Crippen LogP contribution in [0.1, 0.15) is 19.4 Å². The molecule has 0 atom stereocenters. The first-order valence-corrected chi connectivity index (χ1v) is 12.5. The number of nitrogens with zero attached hydrogens (tertiary/aromatic N) is 3. The Morgan fingerprint density at radius 3 is 1.97 bits per heavy atom. The van der Waals surface area contributed by atoms with E-state index in [1.165, 1.54) is 38.2 Å². The van der Waals surface area contributed by atoms with Crippen LogP contribution in [0.2, 0.25) is 0 Å². The summed E-state index contributed by atoms with van der Waals surface area (Å²) in [6.45, 7) is 6.10. The lowest BCUT2D eigenvalue weighted by molar-refractivity contribution is 1.12. The smallest absolute Gasteiger partial charge is 0.169 e. The molecule has 0 unspecified atom stereocenters. The Kier molecular flexibility index (Phi) is 5.46. The molecule has 0 N–H and O–H groups in total. The summed E-state index contributed by atoms with van der Waals surface area (Å²) in [5.41, 5.74) is 6.71. The van der Waals surface area contributed by atoms with E-state index in [1.54, 1.807) is 0 Å². The molecule has 2 aromatic heterocycles. The van der Waals surface area contributed by atoms with Crippen molar-refractivity contribution in [1.82, 2.24) is 14.6 Å². The van der Waals surface area contributed by atoms with E-state index >= 15 is 0 Å². The predicted octanol–water partition coefficient (Wildman–Crippen LogP) is 8.86. The van der Waals surface area contributed by atoms with Gasteiger partial charge in [-0.15, -0.1) is 10.2 Å². The molecule has 0 saturated heterocycles. The predicted molar refractivity (Wildman–Crippen MR) is 152 cm³/mol. The van der Waals surface area contributed by atoms with Crippen LogP contribution in [0.4, 0.5) is 0 Å². The molecular weight excluding hydrogens is 438 g/mol. The lowest BCUT2D eigenvalue weighted by Gasteiger charge is -2.12. The molecule has 0 fully saturated rings. The monoisotopic (exact) mass is 465 g/mol. The molecule has 0 spiro atoms. The Balaban J connectivity index is 0.00000117. The minimum absolute atomic E-state index is 0.865. The van der Waals surface area contributed by atoms with Crippen molar-refractivity contribution in [3.05, 3.63) is 115 Å². The fourth-order valence-electron chi connectivity index (χ4n) is 4.98. The van der Waals surface area contributed by atoms with Crippen molar-refractivity contribution in [2.75, 3.05) is 0 Å². The number of pyridine rings is 1. The maximum Gasteiger partial charge on any atom is 0.169 e. The summed E-state index contributed by atoms with van der Waals surface area (Å²) in [5.74, 6) is 0.865. The number of aryl methyl sites for hydroxylation is 1. The Morgan fingerprint density at radius 2 is 1.17 bits per heavy atom. The first kappa shape index (κ1) is 22.0. The zero-order chi connectivity index (χ0) is 24.6. The van der Waals surface area contributed by atoms with Crippen LogP contribution in [-0.4, -0.2) is 14.6 Å². The van der Waals surface area contributed by atoms with E-state index in [2.05, 4.69) is 131 Å². The second kappa shape index (κ2) is 8.94. The van der Waals surface area contributed by atoms with Gasteiger partial charge < -0.3 is 0 Å². The van der Waals surface area contributed by atoms with Gasteiger partial charge in [0.1, 0.15) is 0 Å². The number of benzene rings is 5. The number of rotatable bonds is 2. The van der Waals surface area contributed by atoms with Gasteiger partial charge in [-0.3, -0.25) is 4.40 Å². The third kappa shape index (κ3) is 3.52. The Morgan fingerprint density at radius 1 is 0.528 bits per heavy atom. The molecule has 2 heterocycles. The molecule has 0 aliphatic rings. The van der Waals surface area contributed by atoms with Gasteiger partial charge in [0.2, 0.25) is 0 Å². The minimum Gasteiger partial charge on any atom is -0.274 e. The first-order chi connectivity index (χ1) is 17.8. The van der Waals surface area contributed by atoms with Gasteiger partial charge in [0, 0.05) is 16.3 Å². The normalized spacial score (nSPS) is 11.2. The molecule has 0 bridgehead atoms. The Labute approximate surface area is 210 Å². The lowest BCUT2D eigenvalue weighted by atomic mass is 9.98. The van der Waals surface area contributed by atoms with Gasteiger partial charge in [0.05, 0.1) is 5.52 Å². The Bertz CT molecular complexity index is 1860. The summed E-state index contributed by atoms with van der Waals surface area (Å²) in [6, 6.07) is 38.9. The van der Waals surface area contributed by atoms with Crippen LogP contribution in [0.15, 0.2) is 109 Å². The quantitative estimate of drug-likeness (QED) is 0.239. The minimum atomic E-state index is 0.865. The molecule has 0 aliphatic carbocycles. The largest absolute Gasteiger partial charge is 0.274 e. The molecule has 3 heteroatoms. The lowest BCUT2D eigenvalue weighted by Crippen LogP contribution is -1.95. The average Bonchev–Trinajstić information content (AvgIpc) is 3.40. The average molecular weight is 466 g/mol. The van der Waals surface area contributed by atoms with Crippen molar-refractivity contribution in [2.24, 2.45) is 0 Å². The topological polar surface area (TPSA) is 30.2 Å². The summed E-state index contributed by atoms with van der Waals surface area (Å²) in [6.07, 6.45) is 0. The number of fused-ring (bicyclic) bond motifs is 7. The van der Waals surface area contributed by atoms with E-state index in [0.717, 1.165) is 27.9 Å². The molecule has 174 valence electrons. The summed E-state index contributed by atoms with van der Waals surface area (Å²) >= 11 is 0. The van der Waals surface area contributed by atoms with Crippen molar-refractivity contribution >= 4 is 38.1 Å². The third-order valence-electron chi connectivity index (χ3n) is 6.75. The van der Waals surface area contributed by atoms with Gasteiger partial charge in [-0.2, -0.15) is 0 Å². The molecule has 0 amide bonds. The van der Waals surface area contributed by atoms with Gasteiger partial charge in [-0.05, 0) is 52.4 Å². The van der Waals surface area contributed by atoms with Crippen molar-refractivity contribution in [2.45, 2.75) is 20.8 Å². The van der Waals surface area contributed by atoms with Crippen LogP contribution in [0.5, 0.6) is 0 Å². The SMILES string of the molecule is CC.Cc1ccc(-c2nnc3c4ccccc4c4cc(-c5ccc6ccccc6c5)ccc4n23)cc1. The van der Waals surface area contributed by atoms with E-state index in [4.69, 9.17) is 0 Å².